The van der Waals surface area contributed by atoms with Crippen molar-refractivity contribution in [2.45, 2.75) is 57.9 Å². The van der Waals surface area contributed by atoms with Gasteiger partial charge in [0.1, 0.15) is 5.54 Å². The van der Waals surface area contributed by atoms with E-state index >= 15 is 0 Å². The maximum absolute atomic E-state index is 13.1. The highest BCUT2D eigenvalue weighted by Gasteiger charge is 2.53. The Morgan fingerprint density at radius 3 is 2.55 bits per heavy atom. The molecule has 2 unspecified atom stereocenters. The minimum absolute atomic E-state index is 0.0612. The largest absolute Gasteiger partial charge is 0.479 e. The van der Waals surface area contributed by atoms with E-state index in [2.05, 4.69) is 12.2 Å². The van der Waals surface area contributed by atoms with Crippen LogP contribution in [0, 0.1) is 5.41 Å². The van der Waals surface area contributed by atoms with Crippen LogP contribution in [-0.2, 0) is 9.59 Å². The number of carboxylic acid groups (broad SMARTS) is 1. The zero-order valence-electron chi connectivity index (χ0n) is 12.6. The van der Waals surface area contributed by atoms with Crippen LogP contribution in [0.5, 0.6) is 0 Å². The van der Waals surface area contributed by atoms with Gasteiger partial charge < -0.3 is 15.3 Å². The van der Waals surface area contributed by atoms with E-state index in [0.29, 0.717) is 25.9 Å². The van der Waals surface area contributed by atoms with E-state index < -0.39 is 11.5 Å². The fraction of sp³-hybridized carbons (Fsp3) is 0.867. The van der Waals surface area contributed by atoms with Gasteiger partial charge in [0.25, 0.3) is 0 Å². The summed E-state index contributed by atoms with van der Waals surface area (Å²) in [6, 6.07) is 0. The standard InChI is InChI=1S/C15H26N2O3/c1-3-6-14(8-9-16-11-14)12(18)17-10-5-7-15(17,4-2)13(19)20/h16H,3-11H2,1-2H3,(H,19,20). The number of nitrogens with zero attached hydrogens (tertiary/aromatic N) is 1. The van der Waals surface area contributed by atoms with Gasteiger partial charge in [0.2, 0.25) is 5.91 Å². The molecule has 20 heavy (non-hydrogen) atoms. The fourth-order valence-electron chi connectivity index (χ4n) is 3.93. The summed E-state index contributed by atoms with van der Waals surface area (Å²) in [6.07, 6.45) is 4.49. The Balaban J connectivity index is 2.29. The van der Waals surface area contributed by atoms with E-state index in [1.54, 1.807) is 4.90 Å². The van der Waals surface area contributed by atoms with Gasteiger partial charge in [-0.05, 0) is 38.6 Å². The first-order valence-corrected chi connectivity index (χ1v) is 7.78. The number of carbonyl (C=O) groups excluding carboxylic acids is 1. The first-order valence-electron chi connectivity index (χ1n) is 7.78. The van der Waals surface area contributed by atoms with Crippen molar-refractivity contribution in [3.63, 3.8) is 0 Å². The lowest BCUT2D eigenvalue weighted by molar-refractivity contribution is -0.161. The summed E-state index contributed by atoms with van der Waals surface area (Å²) in [5, 5.41) is 12.9. The third-order valence-electron chi connectivity index (χ3n) is 5.14. The number of amides is 1. The van der Waals surface area contributed by atoms with Crippen LogP contribution in [0.4, 0.5) is 0 Å². The minimum Gasteiger partial charge on any atom is -0.479 e. The van der Waals surface area contributed by atoms with Gasteiger partial charge in [-0.1, -0.05) is 20.3 Å². The molecule has 1 amide bonds. The summed E-state index contributed by atoms with van der Waals surface area (Å²) >= 11 is 0. The number of aliphatic carboxylic acids is 1. The molecule has 2 rings (SSSR count). The molecule has 0 aliphatic carbocycles. The lowest BCUT2D eigenvalue weighted by Crippen LogP contribution is -2.57. The van der Waals surface area contributed by atoms with E-state index in [1.807, 2.05) is 6.92 Å². The van der Waals surface area contributed by atoms with E-state index in [9.17, 15) is 14.7 Å². The minimum atomic E-state index is -0.972. The van der Waals surface area contributed by atoms with E-state index in [0.717, 1.165) is 32.2 Å². The molecule has 2 N–H and O–H groups in total. The quantitative estimate of drug-likeness (QED) is 0.804. The van der Waals surface area contributed by atoms with Gasteiger partial charge in [0.15, 0.2) is 0 Å². The van der Waals surface area contributed by atoms with E-state index in [4.69, 9.17) is 0 Å². The predicted molar refractivity (Wildman–Crippen MR) is 76.4 cm³/mol. The predicted octanol–water partition coefficient (Wildman–Crippen LogP) is 1.62. The number of likely N-dealkylation sites (tertiary alicyclic amines) is 1. The maximum atomic E-state index is 13.1. The highest BCUT2D eigenvalue weighted by atomic mass is 16.4. The number of hydrogen-bond acceptors (Lipinski definition) is 3. The molecule has 0 aromatic rings. The Hall–Kier alpha value is -1.10. The van der Waals surface area contributed by atoms with Crippen molar-refractivity contribution in [1.29, 1.82) is 0 Å². The topological polar surface area (TPSA) is 69.6 Å². The van der Waals surface area contributed by atoms with Crippen LogP contribution in [0.1, 0.15) is 52.4 Å². The first-order chi connectivity index (χ1) is 9.52. The molecule has 0 aromatic carbocycles. The highest BCUT2D eigenvalue weighted by Crippen LogP contribution is 2.40. The van der Waals surface area contributed by atoms with Gasteiger partial charge in [0, 0.05) is 13.1 Å². The normalized spacial score (nSPS) is 33.6. The molecule has 0 aromatic heterocycles. The van der Waals surface area contributed by atoms with Crippen LogP contribution < -0.4 is 5.32 Å². The van der Waals surface area contributed by atoms with Gasteiger partial charge >= 0.3 is 5.97 Å². The second kappa shape index (κ2) is 5.72. The molecule has 114 valence electrons. The Bertz CT molecular complexity index is 391. The Morgan fingerprint density at radius 1 is 1.30 bits per heavy atom. The lowest BCUT2D eigenvalue weighted by Gasteiger charge is -2.40. The SMILES string of the molecule is CCCC1(C(=O)N2CCCC2(CC)C(=O)O)CCNC1. The highest BCUT2D eigenvalue weighted by molar-refractivity contribution is 5.91. The average molecular weight is 282 g/mol. The van der Waals surface area contributed by atoms with Gasteiger partial charge in [-0.2, -0.15) is 0 Å². The fourth-order valence-corrected chi connectivity index (χ4v) is 3.93. The molecule has 5 heteroatoms. The van der Waals surface area contributed by atoms with Gasteiger partial charge in [0.05, 0.1) is 5.41 Å². The molecule has 0 bridgehead atoms. The third-order valence-corrected chi connectivity index (χ3v) is 5.14. The van der Waals surface area contributed by atoms with Crippen LogP contribution in [-0.4, -0.2) is 47.1 Å². The number of rotatable bonds is 5. The summed E-state index contributed by atoms with van der Waals surface area (Å²) in [5.41, 5.74) is -1.35. The zero-order chi connectivity index (χ0) is 14.8. The average Bonchev–Trinajstić information content (AvgIpc) is 3.05. The van der Waals surface area contributed by atoms with Crippen LogP contribution in [0.2, 0.25) is 0 Å². The third kappa shape index (κ3) is 2.22. The van der Waals surface area contributed by atoms with Crippen molar-refractivity contribution in [1.82, 2.24) is 10.2 Å². The molecule has 0 saturated carbocycles. The molecule has 0 spiro atoms. The summed E-state index contributed by atoms with van der Waals surface area (Å²) in [5.74, 6) is -0.783. The molecule has 2 atom stereocenters. The monoisotopic (exact) mass is 282 g/mol. The molecule has 2 aliphatic rings. The first kappa shape index (κ1) is 15.3. The van der Waals surface area contributed by atoms with Crippen LogP contribution >= 0.6 is 0 Å². The molecular formula is C15H26N2O3. The van der Waals surface area contributed by atoms with Crippen molar-refractivity contribution < 1.29 is 14.7 Å². The summed E-state index contributed by atoms with van der Waals surface area (Å²) in [4.78, 5) is 26.5. The molecule has 5 nitrogen and oxygen atoms in total. The Labute approximate surface area is 120 Å². The maximum Gasteiger partial charge on any atom is 0.329 e. The van der Waals surface area contributed by atoms with E-state index in [-0.39, 0.29) is 11.3 Å². The molecule has 2 saturated heterocycles. The number of carboxylic acids is 1. The van der Waals surface area contributed by atoms with Gasteiger partial charge in [-0.15, -0.1) is 0 Å². The van der Waals surface area contributed by atoms with Crippen LogP contribution in [0.3, 0.4) is 0 Å². The summed E-state index contributed by atoms with van der Waals surface area (Å²) in [6.45, 7) is 6.09. The van der Waals surface area contributed by atoms with Crippen LogP contribution in [0.25, 0.3) is 0 Å². The smallest absolute Gasteiger partial charge is 0.329 e. The molecular weight excluding hydrogens is 256 g/mol. The number of hydrogen-bond donors (Lipinski definition) is 2. The second-order valence-electron chi connectivity index (χ2n) is 6.21. The number of nitrogens with one attached hydrogen (secondary N) is 1. The van der Waals surface area contributed by atoms with E-state index in [1.165, 1.54) is 0 Å². The summed E-state index contributed by atoms with van der Waals surface area (Å²) in [7, 11) is 0. The van der Waals surface area contributed by atoms with Crippen molar-refractivity contribution in [3.05, 3.63) is 0 Å². The van der Waals surface area contributed by atoms with Crippen molar-refractivity contribution in [3.8, 4) is 0 Å². The molecule has 0 radical (unpaired) electrons. The van der Waals surface area contributed by atoms with Gasteiger partial charge in [-0.3, -0.25) is 4.79 Å². The van der Waals surface area contributed by atoms with Gasteiger partial charge in [-0.25, -0.2) is 4.79 Å². The lowest BCUT2D eigenvalue weighted by atomic mass is 9.79. The van der Waals surface area contributed by atoms with Crippen molar-refractivity contribution >= 4 is 11.9 Å². The Morgan fingerprint density at radius 2 is 2.05 bits per heavy atom. The number of carbonyl (C=O) groups is 2. The summed E-state index contributed by atoms with van der Waals surface area (Å²) < 4.78 is 0. The molecule has 2 heterocycles. The van der Waals surface area contributed by atoms with Crippen molar-refractivity contribution in [2.24, 2.45) is 5.41 Å². The second-order valence-corrected chi connectivity index (χ2v) is 6.21. The molecule has 2 aliphatic heterocycles. The zero-order valence-corrected chi connectivity index (χ0v) is 12.6. The Kier molecular flexibility index (Phi) is 4.37. The van der Waals surface area contributed by atoms with Crippen LogP contribution in [0.15, 0.2) is 0 Å². The van der Waals surface area contributed by atoms with Crippen molar-refractivity contribution in [2.75, 3.05) is 19.6 Å². The molecule has 2 fully saturated rings.